The summed E-state index contributed by atoms with van der Waals surface area (Å²) in [6.45, 7) is 8.26. The summed E-state index contributed by atoms with van der Waals surface area (Å²) in [5.41, 5.74) is 1.26. The van der Waals surface area contributed by atoms with Crippen LogP contribution in [0.4, 0.5) is 0 Å². The summed E-state index contributed by atoms with van der Waals surface area (Å²) in [4.78, 5) is 9.87. The maximum absolute atomic E-state index is 4.58. The lowest BCUT2D eigenvalue weighted by molar-refractivity contribution is 0.214. The molecule has 2 fully saturated rings. The summed E-state index contributed by atoms with van der Waals surface area (Å²) >= 11 is 1.77. The lowest BCUT2D eigenvalue weighted by Crippen LogP contribution is -2.36. The minimum absolute atomic E-state index is 0.817. The minimum Gasteiger partial charge on any atom is -0.299 e. The van der Waals surface area contributed by atoms with Crippen LogP contribution in [0.5, 0.6) is 0 Å². The summed E-state index contributed by atoms with van der Waals surface area (Å²) in [5, 5.41) is 3.41. The monoisotopic (exact) mass is 251 g/mol. The van der Waals surface area contributed by atoms with Crippen LogP contribution in [0.3, 0.4) is 0 Å². The highest BCUT2D eigenvalue weighted by Crippen LogP contribution is 2.22. The molecular formula is C13H21N3S. The molecule has 0 saturated carbocycles. The minimum atomic E-state index is 0.817. The van der Waals surface area contributed by atoms with E-state index in [1.165, 1.54) is 56.1 Å². The van der Waals surface area contributed by atoms with Crippen LogP contribution in [-0.4, -0.2) is 47.0 Å². The van der Waals surface area contributed by atoms with E-state index >= 15 is 0 Å². The Kier molecular flexibility index (Phi) is 3.45. The summed E-state index contributed by atoms with van der Waals surface area (Å²) in [5.74, 6) is 0. The number of nitrogens with zero attached hydrogens (tertiary/aromatic N) is 3. The SMILES string of the molecule is Cc1nc(CN2CCCN3CCCC3C2)cs1. The lowest BCUT2D eigenvalue weighted by atomic mass is 10.2. The van der Waals surface area contributed by atoms with E-state index in [0.717, 1.165) is 12.6 Å². The summed E-state index contributed by atoms with van der Waals surface area (Å²) in [6, 6.07) is 0.817. The molecule has 1 atom stereocenters. The van der Waals surface area contributed by atoms with Crippen LogP contribution in [0.1, 0.15) is 30.0 Å². The van der Waals surface area contributed by atoms with Crippen LogP contribution in [0, 0.1) is 6.92 Å². The van der Waals surface area contributed by atoms with E-state index in [1.54, 1.807) is 11.3 Å². The van der Waals surface area contributed by atoms with Crippen molar-refractivity contribution in [1.29, 1.82) is 0 Å². The number of aromatic nitrogens is 1. The Morgan fingerprint density at radius 3 is 3.06 bits per heavy atom. The fourth-order valence-electron chi connectivity index (χ4n) is 3.14. The van der Waals surface area contributed by atoms with Gasteiger partial charge in [-0.25, -0.2) is 4.98 Å². The summed E-state index contributed by atoms with van der Waals surface area (Å²) in [6.07, 6.45) is 4.11. The molecule has 0 aliphatic carbocycles. The first-order chi connectivity index (χ1) is 8.31. The second-order valence-electron chi connectivity index (χ2n) is 5.28. The average Bonchev–Trinajstić information content (AvgIpc) is 2.85. The number of rotatable bonds is 2. The Bertz CT molecular complexity index is 376. The molecule has 94 valence electrons. The highest BCUT2D eigenvalue weighted by atomic mass is 32.1. The molecule has 4 heteroatoms. The van der Waals surface area contributed by atoms with E-state index in [9.17, 15) is 0 Å². The molecule has 2 saturated heterocycles. The number of thiazole rings is 1. The number of hydrogen-bond donors (Lipinski definition) is 0. The zero-order valence-corrected chi connectivity index (χ0v) is 11.4. The quantitative estimate of drug-likeness (QED) is 0.802. The fraction of sp³-hybridized carbons (Fsp3) is 0.769. The second-order valence-corrected chi connectivity index (χ2v) is 6.34. The Morgan fingerprint density at radius 1 is 1.35 bits per heavy atom. The molecule has 0 bridgehead atoms. The first-order valence-electron chi connectivity index (χ1n) is 6.69. The average molecular weight is 251 g/mol. The van der Waals surface area contributed by atoms with Crippen molar-refractivity contribution in [1.82, 2.24) is 14.8 Å². The van der Waals surface area contributed by atoms with Gasteiger partial charge in [0, 0.05) is 24.5 Å². The van der Waals surface area contributed by atoms with Gasteiger partial charge in [-0.2, -0.15) is 0 Å². The van der Waals surface area contributed by atoms with Crippen LogP contribution in [-0.2, 0) is 6.54 Å². The fourth-order valence-corrected chi connectivity index (χ4v) is 3.74. The van der Waals surface area contributed by atoms with Gasteiger partial charge in [0.25, 0.3) is 0 Å². The molecule has 17 heavy (non-hydrogen) atoms. The molecule has 1 unspecified atom stereocenters. The van der Waals surface area contributed by atoms with Crippen molar-refractivity contribution in [2.45, 2.75) is 38.8 Å². The molecule has 3 heterocycles. The zero-order valence-electron chi connectivity index (χ0n) is 10.6. The molecular weight excluding hydrogens is 230 g/mol. The van der Waals surface area contributed by atoms with Crippen LogP contribution < -0.4 is 0 Å². The Morgan fingerprint density at radius 2 is 2.24 bits per heavy atom. The zero-order chi connectivity index (χ0) is 11.7. The predicted octanol–water partition coefficient (Wildman–Crippen LogP) is 2.12. The van der Waals surface area contributed by atoms with Crippen LogP contribution in [0.25, 0.3) is 0 Å². The molecule has 1 aromatic rings. The van der Waals surface area contributed by atoms with E-state index < -0.39 is 0 Å². The van der Waals surface area contributed by atoms with Crippen molar-refractivity contribution in [3.05, 3.63) is 16.1 Å². The highest BCUT2D eigenvalue weighted by Gasteiger charge is 2.28. The third-order valence-electron chi connectivity index (χ3n) is 3.94. The van der Waals surface area contributed by atoms with Crippen LogP contribution >= 0.6 is 11.3 Å². The number of aryl methyl sites for hydroxylation is 1. The van der Waals surface area contributed by atoms with Crippen molar-refractivity contribution in [3.8, 4) is 0 Å². The van der Waals surface area contributed by atoms with Gasteiger partial charge in [0.05, 0.1) is 10.7 Å². The normalized spacial score (nSPS) is 27.0. The van der Waals surface area contributed by atoms with Crippen molar-refractivity contribution in [2.24, 2.45) is 0 Å². The highest BCUT2D eigenvalue weighted by molar-refractivity contribution is 7.09. The predicted molar refractivity (Wildman–Crippen MR) is 71.3 cm³/mol. The Labute approximate surface area is 107 Å². The van der Waals surface area contributed by atoms with Gasteiger partial charge in [0.2, 0.25) is 0 Å². The van der Waals surface area contributed by atoms with E-state index in [0.29, 0.717) is 0 Å². The first-order valence-corrected chi connectivity index (χ1v) is 7.56. The topological polar surface area (TPSA) is 19.4 Å². The Hall–Kier alpha value is -0.450. The van der Waals surface area contributed by atoms with Gasteiger partial charge in [-0.05, 0) is 45.8 Å². The molecule has 0 radical (unpaired) electrons. The van der Waals surface area contributed by atoms with Gasteiger partial charge >= 0.3 is 0 Å². The molecule has 3 nitrogen and oxygen atoms in total. The number of hydrogen-bond acceptors (Lipinski definition) is 4. The van der Waals surface area contributed by atoms with Gasteiger partial charge in [-0.1, -0.05) is 0 Å². The Balaban J connectivity index is 1.63. The van der Waals surface area contributed by atoms with Crippen molar-refractivity contribution in [2.75, 3.05) is 26.2 Å². The van der Waals surface area contributed by atoms with Gasteiger partial charge < -0.3 is 0 Å². The molecule has 0 spiro atoms. The smallest absolute Gasteiger partial charge is 0.0897 e. The summed E-state index contributed by atoms with van der Waals surface area (Å²) in [7, 11) is 0. The maximum atomic E-state index is 4.58. The lowest BCUT2D eigenvalue weighted by Gasteiger charge is -2.24. The molecule has 1 aromatic heterocycles. The molecule has 2 aliphatic heterocycles. The standard InChI is InChI=1S/C13H21N3S/c1-11-14-12(10-17-11)8-15-5-3-7-16-6-2-4-13(16)9-15/h10,13H,2-9H2,1H3. The third kappa shape index (κ3) is 2.69. The van der Waals surface area contributed by atoms with Gasteiger partial charge in [0.15, 0.2) is 0 Å². The van der Waals surface area contributed by atoms with Crippen molar-refractivity contribution in [3.63, 3.8) is 0 Å². The van der Waals surface area contributed by atoms with Crippen molar-refractivity contribution >= 4 is 11.3 Å². The molecule has 0 amide bonds. The van der Waals surface area contributed by atoms with Gasteiger partial charge in [-0.3, -0.25) is 9.80 Å². The van der Waals surface area contributed by atoms with Crippen LogP contribution in [0.2, 0.25) is 0 Å². The van der Waals surface area contributed by atoms with Crippen molar-refractivity contribution < 1.29 is 0 Å². The maximum Gasteiger partial charge on any atom is 0.0897 e. The first kappa shape index (κ1) is 11.6. The molecule has 0 N–H and O–H groups in total. The second kappa shape index (κ2) is 5.04. The van der Waals surface area contributed by atoms with E-state index in [1.807, 2.05) is 0 Å². The largest absolute Gasteiger partial charge is 0.299 e. The van der Waals surface area contributed by atoms with Gasteiger partial charge in [0.1, 0.15) is 0 Å². The molecule has 2 aliphatic rings. The van der Waals surface area contributed by atoms with Gasteiger partial charge in [-0.15, -0.1) is 11.3 Å². The third-order valence-corrected chi connectivity index (χ3v) is 4.76. The number of fused-ring (bicyclic) bond motifs is 1. The van der Waals surface area contributed by atoms with E-state index in [-0.39, 0.29) is 0 Å². The molecule has 0 aromatic carbocycles. The van der Waals surface area contributed by atoms with E-state index in [4.69, 9.17) is 0 Å². The molecule has 3 rings (SSSR count). The van der Waals surface area contributed by atoms with Crippen LogP contribution in [0.15, 0.2) is 5.38 Å². The van der Waals surface area contributed by atoms with E-state index in [2.05, 4.69) is 27.1 Å². The summed E-state index contributed by atoms with van der Waals surface area (Å²) < 4.78 is 0.